The summed E-state index contributed by atoms with van der Waals surface area (Å²) >= 11 is 0. The first-order valence-electron chi connectivity index (χ1n) is 7.38. The number of hydrogen-bond donors (Lipinski definition) is 1. The number of amides is 1. The van der Waals surface area contributed by atoms with Crippen molar-refractivity contribution in [1.29, 1.82) is 0 Å². The predicted molar refractivity (Wildman–Crippen MR) is 89.4 cm³/mol. The molecular weight excluding hydrogens is 276 g/mol. The van der Waals surface area contributed by atoms with Crippen molar-refractivity contribution in [2.75, 3.05) is 18.9 Å². The fraction of sp³-hybridized carbons (Fsp3) is 0.278. The van der Waals surface area contributed by atoms with Gasteiger partial charge in [0, 0.05) is 6.04 Å². The van der Waals surface area contributed by atoms with Crippen LogP contribution in [0.25, 0.3) is 0 Å². The van der Waals surface area contributed by atoms with E-state index in [4.69, 9.17) is 4.74 Å². The average Bonchev–Trinajstić information content (AvgIpc) is 2.50. The van der Waals surface area contributed by atoms with Gasteiger partial charge in [0.15, 0.2) is 5.75 Å². The molecule has 116 valence electrons. The van der Waals surface area contributed by atoms with Crippen molar-refractivity contribution >= 4 is 11.6 Å². The van der Waals surface area contributed by atoms with E-state index in [-0.39, 0.29) is 5.91 Å². The van der Waals surface area contributed by atoms with Gasteiger partial charge in [-0.2, -0.15) is 0 Å². The lowest BCUT2D eigenvalue weighted by Gasteiger charge is -2.20. The van der Waals surface area contributed by atoms with Crippen LogP contribution in [0.4, 0.5) is 5.69 Å². The summed E-state index contributed by atoms with van der Waals surface area (Å²) < 4.78 is 5.83. The highest BCUT2D eigenvalue weighted by Crippen LogP contribution is 2.28. The first kappa shape index (κ1) is 16.0. The van der Waals surface area contributed by atoms with Crippen molar-refractivity contribution < 1.29 is 9.53 Å². The lowest BCUT2D eigenvalue weighted by atomic mass is 10.2. The number of carbonyl (C=O) groups is 1. The van der Waals surface area contributed by atoms with Gasteiger partial charge in [-0.3, -0.25) is 9.69 Å². The number of carbonyl (C=O) groups excluding carboxylic acids is 1. The van der Waals surface area contributed by atoms with Crippen molar-refractivity contribution in [2.45, 2.75) is 19.9 Å². The topological polar surface area (TPSA) is 41.6 Å². The summed E-state index contributed by atoms with van der Waals surface area (Å²) in [5.74, 6) is 1.32. The summed E-state index contributed by atoms with van der Waals surface area (Å²) in [5, 5.41) is 2.91. The molecule has 22 heavy (non-hydrogen) atoms. The number of para-hydroxylation sites is 3. The molecule has 2 rings (SSSR count). The number of nitrogens with one attached hydrogen (secondary N) is 1. The highest BCUT2D eigenvalue weighted by atomic mass is 16.5. The fourth-order valence-corrected chi connectivity index (χ4v) is 1.87. The zero-order valence-corrected chi connectivity index (χ0v) is 13.2. The van der Waals surface area contributed by atoms with Gasteiger partial charge in [-0.25, -0.2) is 0 Å². The van der Waals surface area contributed by atoms with Crippen LogP contribution < -0.4 is 10.1 Å². The quantitative estimate of drug-likeness (QED) is 0.883. The molecule has 0 unspecified atom stereocenters. The normalized spacial score (nSPS) is 10.8. The number of ether oxygens (including phenoxy) is 1. The summed E-state index contributed by atoms with van der Waals surface area (Å²) in [6.45, 7) is 4.46. The van der Waals surface area contributed by atoms with Gasteiger partial charge in [-0.15, -0.1) is 0 Å². The Morgan fingerprint density at radius 1 is 1.09 bits per heavy atom. The third-order valence-electron chi connectivity index (χ3n) is 3.41. The van der Waals surface area contributed by atoms with E-state index in [2.05, 4.69) is 19.2 Å². The molecule has 4 nitrogen and oxygen atoms in total. The maximum Gasteiger partial charge on any atom is 0.238 e. The minimum Gasteiger partial charge on any atom is -0.455 e. The van der Waals surface area contributed by atoms with Gasteiger partial charge in [-0.1, -0.05) is 30.3 Å². The number of hydrogen-bond acceptors (Lipinski definition) is 3. The summed E-state index contributed by atoms with van der Waals surface area (Å²) in [7, 11) is 1.93. The second kappa shape index (κ2) is 7.61. The molecule has 4 heteroatoms. The molecular formula is C18H22N2O2. The van der Waals surface area contributed by atoms with Gasteiger partial charge in [0.25, 0.3) is 0 Å². The highest BCUT2D eigenvalue weighted by molar-refractivity contribution is 5.93. The van der Waals surface area contributed by atoms with E-state index in [0.29, 0.717) is 24.0 Å². The molecule has 0 spiro atoms. The maximum absolute atomic E-state index is 12.1. The minimum absolute atomic E-state index is 0.0553. The predicted octanol–water partition coefficient (Wildman–Crippen LogP) is 3.76. The summed E-state index contributed by atoms with van der Waals surface area (Å²) in [4.78, 5) is 14.1. The standard InChI is InChI=1S/C18H22N2O2/c1-14(2)20(3)13-18(21)19-16-11-7-8-12-17(16)22-15-9-5-4-6-10-15/h4-12,14H,13H2,1-3H3,(H,19,21). The molecule has 1 N–H and O–H groups in total. The minimum atomic E-state index is -0.0553. The van der Waals surface area contributed by atoms with Gasteiger partial charge in [0.1, 0.15) is 5.75 Å². The number of benzene rings is 2. The molecule has 2 aromatic carbocycles. The molecule has 0 aliphatic heterocycles. The van der Waals surface area contributed by atoms with Gasteiger partial charge >= 0.3 is 0 Å². The number of nitrogens with zero attached hydrogens (tertiary/aromatic N) is 1. The molecule has 0 aromatic heterocycles. The fourth-order valence-electron chi connectivity index (χ4n) is 1.87. The Kier molecular flexibility index (Phi) is 5.55. The highest BCUT2D eigenvalue weighted by Gasteiger charge is 2.12. The SMILES string of the molecule is CC(C)N(C)CC(=O)Nc1ccccc1Oc1ccccc1. The van der Waals surface area contributed by atoms with E-state index in [0.717, 1.165) is 5.75 Å². The second-order valence-electron chi connectivity index (χ2n) is 5.47. The Morgan fingerprint density at radius 2 is 1.73 bits per heavy atom. The number of anilines is 1. The lowest BCUT2D eigenvalue weighted by molar-refractivity contribution is -0.117. The second-order valence-corrected chi connectivity index (χ2v) is 5.47. The van der Waals surface area contributed by atoms with E-state index in [1.165, 1.54) is 0 Å². The molecule has 0 saturated carbocycles. The molecule has 0 saturated heterocycles. The van der Waals surface area contributed by atoms with Gasteiger partial charge in [0.05, 0.1) is 12.2 Å². The number of likely N-dealkylation sites (N-methyl/N-ethyl adjacent to an activating group) is 1. The van der Waals surface area contributed by atoms with Gasteiger partial charge in [0.2, 0.25) is 5.91 Å². The van der Waals surface area contributed by atoms with Crippen LogP contribution >= 0.6 is 0 Å². The Morgan fingerprint density at radius 3 is 2.41 bits per heavy atom. The van der Waals surface area contributed by atoms with E-state index in [9.17, 15) is 4.79 Å². The molecule has 0 aliphatic carbocycles. The molecule has 0 aliphatic rings. The monoisotopic (exact) mass is 298 g/mol. The molecule has 0 bridgehead atoms. The molecule has 0 fully saturated rings. The van der Waals surface area contributed by atoms with E-state index < -0.39 is 0 Å². The third-order valence-corrected chi connectivity index (χ3v) is 3.41. The van der Waals surface area contributed by atoms with E-state index in [1.807, 2.05) is 66.5 Å². The van der Waals surface area contributed by atoms with Crippen molar-refractivity contribution in [3.05, 3.63) is 54.6 Å². The zero-order chi connectivity index (χ0) is 15.9. The first-order chi connectivity index (χ1) is 10.6. The van der Waals surface area contributed by atoms with Crippen LogP contribution in [-0.4, -0.2) is 30.4 Å². The van der Waals surface area contributed by atoms with Gasteiger partial charge in [-0.05, 0) is 45.2 Å². The van der Waals surface area contributed by atoms with Crippen LogP contribution in [0.1, 0.15) is 13.8 Å². The van der Waals surface area contributed by atoms with Crippen molar-refractivity contribution in [1.82, 2.24) is 4.90 Å². The summed E-state index contributed by atoms with van der Waals surface area (Å²) in [5.41, 5.74) is 0.675. The van der Waals surface area contributed by atoms with Crippen LogP contribution in [0.5, 0.6) is 11.5 Å². The first-order valence-corrected chi connectivity index (χ1v) is 7.38. The van der Waals surface area contributed by atoms with Crippen LogP contribution in [0.3, 0.4) is 0 Å². The molecule has 0 atom stereocenters. The van der Waals surface area contributed by atoms with Crippen LogP contribution in [0.15, 0.2) is 54.6 Å². The molecule has 0 heterocycles. The van der Waals surface area contributed by atoms with Crippen molar-refractivity contribution in [3.63, 3.8) is 0 Å². The van der Waals surface area contributed by atoms with Crippen LogP contribution in [-0.2, 0) is 4.79 Å². The van der Waals surface area contributed by atoms with E-state index in [1.54, 1.807) is 0 Å². The Hall–Kier alpha value is -2.33. The third kappa shape index (κ3) is 4.60. The maximum atomic E-state index is 12.1. The van der Waals surface area contributed by atoms with Crippen molar-refractivity contribution in [3.8, 4) is 11.5 Å². The van der Waals surface area contributed by atoms with E-state index >= 15 is 0 Å². The molecule has 1 amide bonds. The summed E-state index contributed by atoms with van der Waals surface area (Å²) in [6, 6.07) is 17.3. The Bertz CT molecular complexity index is 611. The largest absolute Gasteiger partial charge is 0.455 e. The number of rotatable bonds is 6. The van der Waals surface area contributed by atoms with Crippen LogP contribution in [0, 0.1) is 0 Å². The zero-order valence-electron chi connectivity index (χ0n) is 13.2. The Balaban J connectivity index is 2.07. The average molecular weight is 298 g/mol. The molecule has 2 aromatic rings. The smallest absolute Gasteiger partial charge is 0.238 e. The molecule has 0 radical (unpaired) electrons. The lowest BCUT2D eigenvalue weighted by Crippen LogP contribution is -2.34. The van der Waals surface area contributed by atoms with Gasteiger partial charge < -0.3 is 10.1 Å². The Labute approximate surface area is 131 Å². The van der Waals surface area contributed by atoms with Crippen LogP contribution in [0.2, 0.25) is 0 Å². The van der Waals surface area contributed by atoms with Crippen molar-refractivity contribution in [2.24, 2.45) is 0 Å². The summed E-state index contributed by atoms with van der Waals surface area (Å²) in [6.07, 6.45) is 0.